The van der Waals surface area contributed by atoms with Crippen molar-refractivity contribution in [2.75, 3.05) is 14.1 Å². The van der Waals surface area contributed by atoms with E-state index < -0.39 is 0 Å². The molecule has 3 N–H and O–H groups in total. The van der Waals surface area contributed by atoms with Crippen LogP contribution in [0.25, 0.3) is 0 Å². The van der Waals surface area contributed by atoms with Gasteiger partial charge in [-0.1, -0.05) is 12.1 Å². The molecule has 0 heterocycles. The lowest BCUT2D eigenvalue weighted by Crippen LogP contribution is -2.34. The van der Waals surface area contributed by atoms with Crippen molar-refractivity contribution in [3.8, 4) is 0 Å². The van der Waals surface area contributed by atoms with E-state index in [-0.39, 0.29) is 17.9 Å². The number of nitrogens with one attached hydrogen (secondary N) is 1. The summed E-state index contributed by atoms with van der Waals surface area (Å²) in [5.41, 5.74) is 7.60. The third kappa shape index (κ3) is 4.29. The van der Waals surface area contributed by atoms with E-state index in [1.165, 1.54) is 0 Å². The second-order valence-electron chi connectivity index (χ2n) is 5.73. The first kappa shape index (κ1) is 15.5. The highest BCUT2D eigenvalue weighted by molar-refractivity contribution is 5.93. The van der Waals surface area contributed by atoms with Gasteiger partial charge >= 0.3 is 0 Å². The third-order valence-electron chi connectivity index (χ3n) is 3.93. The molecule has 114 valence electrons. The van der Waals surface area contributed by atoms with Gasteiger partial charge in [-0.05, 0) is 36.5 Å². The molecule has 1 unspecified atom stereocenters. The molecule has 1 aromatic carbocycles. The molecular formula is C16H23N3O2. The fourth-order valence-electron chi connectivity index (χ4n) is 2.32. The molecule has 1 aliphatic carbocycles. The zero-order valence-electron chi connectivity index (χ0n) is 12.6. The molecule has 1 fully saturated rings. The maximum Gasteiger partial charge on any atom is 0.251 e. The van der Waals surface area contributed by atoms with Crippen molar-refractivity contribution < 1.29 is 9.59 Å². The fourth-order valence-corrected chi connectivity index (χ4v) is 2.32. The molecule has 0 spiro atoms. The van der Waals surface area contributed by atoms with Gasteiger partial charge in [0.05, 0.1) is 0 Å². The minimum absolute atomic E-state index is 0.00410. The zero-order valence-corrected chi connectivity index (χ0v) is 12.6. The summed E-state index contributed by atoms with van der Waals surface area (Å²) in [7, 11) is 3.39. The van der Waals surface area contributed by atoms with Crippen molar-refractivity contribution in [1.82, 2.24) is 10.2 Å². The van der Waals surface area contributed by atoms with E-state index >= 15 is 0 Å². The van der Waals surface area contributed by atoms with Crippen LogP contribution in [0.2, 0.25) is 0 Å². The van der Waals surface area contributed by atoms with Crippen LogP contribution in [0.1, 0.15) is 35.2 Å². The smallest absolute Gasteiger partial charge is 0.251 e. The second-order valence-corrected chi connectivity index (χ2v) is 5.73. The van der Waals surface area contributed by atoms with Crippen molar-refractivity contribution in [3.63, 3.8) is 0 Å². The maximum absolute atomic E-state index is 12.1. The Morgan fingerprint density at radius 2 is 1.95 bits per heavy atom. The number of carbonyl (C=O) groups is 2. The average molecular weight is 289 g/mol. The van der Waals surface area contributed by atoms with Gasteiger partial charge in [-0.2, -0.15) is 0 Å². The number of hydrogen-bond donors (Lipinski definition) is 2. The first-order chi connectivity index (χ1) is 10.0. The fraction of sp³-hybridized carbons (Fsp3) is 0.500. The monoisotopic (exact) mass is 289 g/mol. The van der Waals surface area contributed by atoms with Crippen LogP contribution in [0.3, 0.4) is 0 Å². The molecule has 1 atom stereocenters. The summed E-state index contributed by atoms with van der Waals surface area (Å²) in [4.78, 5) is 25.2. The van der Waals surface area contributed by atoms with Gasteiger partial charge in [0.1, 0.15) is 0 Å². The van der Waals surface area contributed by atoms with Crippen LogP contribution >= 0.6 is 0 Å². The Morgan fingerprint density at radius 3 is 2.48 bits per heavy atom. The van der Waals surface area contributed by atoms with Gasteiger partial charge in [-0.15, -0.1) is 0 Å². The maximum atomic E-state index is 12.1. The minimum atomic E-state index is -0.110. The Bertz CT molecular complexity index is 509. The van der Waals surface area contributed by atoms with Gasteiger partial charge in [-0.3, -0.25) is 9.59 Å². The molecule has 5 nitrogen and oxygen atoms in total. The van der Waals surface area contributed by atoms with Crippen LogP contribution in [0.5, 0.6) is 0 Å². The highest BCUT2D eigenvalue weighted by atomic mass is 16.2. The number of amides is 2. The molecule has 0 radical (unpaired) electrons. The molecule has 2 rings (SSSR count). The molecule has 21 heavy (non-hydrogen) atoms. The number of carbonyl (C=O) groups excluding carboxylic acids is 2. The largest absolute Gasteiger partial charge is 0.355 e. The van der Waals surface area contributed by atoms with Gasteiger partial charge < -0.3 is 16.0 Å². The number of rotatable bonds is 6. The highest BCUT2D eigenvalue weighted by Gasteiger charge is 2.30. The van der Waals surface area contributed by atoms with E-state index in [1.807, 2.05) is 12.1 Å². The molecule has 1 saturated carbocycles. The highest BCUT2D eigenvalue weighted by Crippen LogP contribution is 2.32. The number of nitrogens with zero attached hydrogens (tertiary/aromatic N) is 1. The van der Waals surface area contributed by atoms with Gasteiger partial charge in [0, 0.05) is 38.7 Å². The van der Waals surface area contributed by atoms with E-state index in [4.69, 9.17) is 5.73 Å². The summed E-state index contributed by atoms with van der Waals surface area (Å²) in [6.45, 7) is 0.532. The van der Waals surface area contributed by atoms with Crippen LogP contribution in [0.4, 0.5) is 0 Å². The summed E-state index contributed by atoms with van der Waals surface area (Å²) in [6, 6.07) is 7.27. The lowest BCUT2D eigenvalue weighted by Gasteiger charge is -2.19. The topological polar surface area (TPSA) is 75.4 Å². The van der Waals surface area contributed by atoms with Crippen LogP contribution in [0, 0.1) is 5.92 Å². The molecule has 1 aromatic rings. The quantitative estimate of drug-likeness (QED) is 0.824. The minimum Gasteiger partial charge on any atom is -0.355 e. The SMILES string of the molecule is CNC(=O)c1ccc(CN(C)C(=O)CC(N)C2CC2)cc1. The Hall–Kier alpha value is -1.88. The standard InChI is InChI=1S/C16H23N3O2/c1-18-16(21)13-5-3-11(4-6-13)10-19(2)15(20)9-14(17)12-7-8-12/h3-6,12,14H,7-10,17H2,1-2H3,(H,18,21). The van der Waals surface area contributed by atoms with Crippen LogP contribution in [-0.4, -0.2) is 36.9 Å². The summed E-state index contributed by atoms with van der Waals surface area (Å²) in [5.74, 6) is 0.500. The van der Waals surface area contributed by atoms with Gasteiger partial charge in [0.25, 0.3) is 5.91 Å². The summed E-state index contributed by atoms with van der Waals surface area (Å²) in [5, 5.41) is 2.58. The van der Waals surface area contributed by atoms with Gasteiger partial charge in [0.2, 0.25) is 5.91 Å². The Morgan fingerprint density at radius 1 is 1.33 bits per heavy atom. The summed E-state index contributed by atoms with van der Waals surface area (Å²) in [6.07, 6.45) is 2.72. The number of benzene rings is 1. The summed E-state index contributed by atoms with van der Waals surface area (Å²) < 4.78 is 0. The molecule has 0 aromatic heterocycles. The van der Waals surface area contributed by atoms with Crippen molar-refractivity contribution in [1.29, 1.82) is 0 Å². The first-order valence-electron chi connectivity index (χ1n) is 7.32. The van der Waals surface area contributed by atoms with E-state index in [0.717, 1.165) is 18.4 Å². The predicted molar refractivity (Wildman–Crippen MR) is 81.6 cm³/mol. The summed E-state index contributed by atoms with van der Waals surface area (Å²) >= 11 is 0. The molecule has 0 saturated heterocycles. The Balaban J connectivity index is 1.87. The molecule has 0 aliphatic heterocycles. The van der Waals surface area contributed by atoms with Crippen LogP contribution in [-0.2, 0) is 11.3 Å². The molecule has 1 aliphatic rings. The van der Waals surface area contributed by atoms with E-state index in [1.54, 1.807) is 31.1 Å². The van der Waals surface area contributed by atoms with Gasteiger partial charge in [0.15, 0.2) is 0 Å². The number of nitrogens with two attached hydrogens (primary N) is 1. The molecule has 0 bridgehead atoms. The first-order valence-corrected chi connectivity index (χ1v) is 7.32. The van der Waals surface area contributed by atoms with E-state index in [9.17, 15) is 9.59 Å². The molecule has 2 amide bonds. The van der Waals surface area contributed by atoms with E-state index in [2.05, 4.69) is 5.32 Å². The average Bonchev–Trinajstić information content (AvgIpc) is 3.31. The number of hydrogen-bond acceptors (Lipinski definition) is 3. The predicted octanol–water partition coefficient (Wildman–Crippen LogP) is 1.13. The lowest BCUT2D eigenvalue weighted by molar-refractivity contribution is -0.130. The molecular weight excluding hydrogens is 266 g/mol. The normalized spacial score (nSPS) is 15.4. The Kier molecular flexibility index (Phi) is 4.96. The Labute approximate surface area is 125 Å². The van der Waals surface area contributed by atoms with Crippen molar-refractivity contribution in [2.24, 2.45) is 11.7 Å². The molecule has 5 heteroatoms. The third-order valence-corrected chi connectivity index (χ3v) is 3.93. The van der Waals surface area contributed by atoms with Crippen molar-refractivity contribution >= 4 is 11.8 Å². The van der Waals surface area contributed by atoms with Gasteiger partial charge in [-0.25, -0.2) is 0 Å². The lowest BCUT2D eigenvalue weighted by atomic mass is 10.1. The van der Waals surface area contributed by atoms with Crippen molar-refractivity contribution in [2.45, 2.75) is 31.8 Å². The second kappa shape index (κ2) is 6.72. The van der Waals surface area contributed by atoms with Crippen molar-refractivity contribution in [3.05, 3.63) is 35.4 Å². The van der Waals surface area contributed by atoms with Crippen LogP contribution < -0.4 is 11.1 Å². The van der Waals surface area contributed by atoms with Crippen LogP contribution in [0.15, 0.2) is 24.3 Å². The zero-order chi connectivity index (χ0) is 15.4. The van der Waals surface area contributed by atoms with E-state index in [0.29, 0.717) is 24.4 Å².